The van der Waals surface area contributed by atoms with Crippen LogP contribution in [-0.4, -0.2) is 23.8 Å². The molecular formula is C9H14N2O3S2. The highest BCUT2D eigenvalue weighted by atomic mass is 32.2. The molecule has 2 atom stereocenters. The molecule has 1 aromatic rings. The topological polar surface area (TPSA) is 93.3 Å². The van der Waals surface area contributed by atoms with Gasteiger partial charge in [0.15, 0.2) is 0 Å². The van der Waals surface area contributed by atoms with E-state index >= 15 is 0 Å². The van der Waals surface area contributed by atoms with Crippen LogP contribution in [0, 0.1) is 13.8 Å². The normalized spacial score (nSPS) is 15.8. The van der Waals surface area contributed by atoms with Gasteiger partial charge in [-0.3, -0.25) is 0 Å². The minimum Gasteiger partial charge on any atom is -0.384 e. The monoisotopic (exact) mass is 262 g/mol. The standard InChI is InChI=1S/C9H14N2O3S2/c1-4-7(16(10,13)14)8(12)9-11-5(2)6(3)15-9/h4,7-8,12H,1H2,2-3H3,(H2,10,13,14)/t7-,8+/m1/s1. The summed E-state index contributed by atoms with van der Waals surface area (Å²) in [5, 5.41) is 14.0. The second-order valence-electron chi connectivity index (χ2n) is 3.43. The molecule has 90 valence electrons. The highest BCUT2D eigenvalue weighted by Gasteiger charge is 2.30. The Morgan fingerprint density at radius 2 is 2.12 bits per heavy atom. The van der Waals surface area contributed by atoms with E-state index in [1.165, 1.54) is 11.3 Å². The second kappa shape index (κ2) is 4.62. The third-order valence-corrected chi connectivity index (χ3v) is 4.57. The van der Waals surface area contributed by atoms with Gasteiger partial charge in [-0.15, -0.1) is 17.9 Å². The Kier molecular flexibility index (Phi) is 3.84. The van der Waals surface area contributed by atoms with Crippen molar-refractivity contribution in [2.75, 3.05) is 0 Å². The molecule has 1 rings (SSSR count). The number of primary sulfonamides is 1. The zero-order valence-electron chi connectivity index (χ0n) is 9.04. The number of nitrogens with two attached hydrogens (primary N) is 1. The molecule has 0 aliphatic rings. The highest BCUT2D eigenvalue weighted by molar-refractivity contribution is 7.90. The van der Waals surface area contributed by atoms with Crippen molar-refractivity contribution in [1.29, 1.82) is 0 Å². The van der Waals surface area contributed by atoms with Crippen molar-refractivity contribution in [3.05, 3.63) is 28.2 Å². The Balaban J connectivity index is 3.10. The summed E-state index contributed by atoms with van der Waals surface area (Å²) < 4.78 is 22.4. The number of aliphatic hydroxyl groups is 1. The minimum atomic E-state index is -3.87. The average molecular weight is 262 g/mol. The Morgan fingerprint density at radius 3 is 2.44 bits per heavy atom. The van der Waals surface area contributed by atoms with Crippen LogP contribution in [0.1, 0.15) is 21.7 Å². The van der Waals surface area contributed by atoms with Crippen molar-refractivity contribution in [3.8, 4) is 0 Å². The first-order valence-corrected chi connectivity index (χ1v) is 6.96. The molecule has 0 radical (unpaired) electrons. The maximum absolute atomic E-state index is 11.2. The van der Waals surface area contributed by atoms with Gasteiger partial charge in [0.2, 0.25) is 10.0 Å². The van der Waals surface area contributed by atoms with Gasteiger partial charge in [0.25, 0.3) is 0 Å². The molecule has 0 saturated carbocycles. The van der Waals surface area contributed by atoms with E-state index in [-0.39, 0.29) is 0 Å². The maximum Gasteiger partial charge on any atom is 0.218 e. The Hall–Kier alpha value is -0.760. The summed E-state index contributed by atoms with van der Waals surface area (Å²) in [4.78, 5) is 5.03. The van der Waals surface area contributed by atoms with E-state index < -0.39 is 21.4 Å². The predicted octanol–water partition coefficient (Wildman–Crippen LogP) is 0.636. The lowest BCUT2D eigenvalue weighted by molar-refractivity contribution is 0.183. The van der Waals surface area contributed by atoms with Crippen LogP contribution in [0.2, 0.25) is 0 Å². The highest BCUT2D eigenvalue weighted by Crippen LogP contribution is 2.27. The first-order chi connectivity index (χ1) is 7.27. The van der Waals surface area contributed by atoms with E-state index in [2.05, 4.69) is 11.6 Å². The van der Waals surface area contributed by atoms with Crippen LogP contribution in [0.25, 0.3) is 0 Å². The Bertz CT molecular complexity index is 473. The molecular weight excluding hydrogens is 248 g/mol. The number of aliphatic hydroxyl groups excluding tert-OH is 1. The van der Waals surface area contributed by atoms with E-state index in [4.69, 9.17) is 5.14 Å². The molecule has 1 aromatic heterocycles. The van der Waals surface area contributed by atoms with Gasteiger partial charge in [-0.1, -0.05) is 6.08 Å². The summed E-state index contributed by atoms with van der Waals surface area (Å²) in [7, 11) is -3.87. The van der Waals surface area contributed by atoms with E-state index in [9.17, 15) is 13.5 Å². The van der Waals surface area contributed by atoms with Crippen LogP contribution in [0.3, 0.4) is 0 Å². The molecule has 0 spiro atoms. The summed E-state index contributed by atoms with van der Waals surface area (Å²) in [5.41, 5.74) is 0.774. The number of nitrogens with zero attached hydrogens (tertiary/aromatic N) is 1. The van der Waals surface area contributed by atoms with E-state index in [1.807, 2.05) is 6.92 Å². The van der Waals surface area contributed by atoms with Gasteiger partial charge >= 0.3 is 0 Å². The summed E-state index contributed by atoms with van der Waals surface area (Å²) in [6.45, 7) is 7.00. The first-order valence-electron chi connectivity index (χ1n) is 4.53. The summed E-state index contributed by atoms with van der Waals surface area (Å²) in [6, 6.07) is 0. The van der Waals surface area contributed by atoms with Gasteiger partial charge in [-0.2, -0.15) is 0 Å². The van der Waals surface area contributed by atoms with E-state index in [1.54, 1.807) is 6.92 Å². The number of aromatic nitrogens is 1. The SMILES string of the molecule is C=C[C@H]([C@H](O)c1nc(C)c(C)s1)S(N)(=O)=O. The zero-order valence-corrected chi connectivity index (χ0v) is 10.7. The third kappa shape index (κ3) is 2.67. The summed E-state index contributed by atoms with van der Waals surface area (Å²) >= 11 is 1.25. The molecule has 0 amide bonds. The lowest BCUT2D eigenvalue weighted by Crippen LogP contribution is -2.32. The number of thiazole rings is 1. The molecule has 0 bridgehead atoms. The molecule has 0 unspecified atom stereocenters. The van der Waals surface area contributed by atoms with Gasteiger partial charge in [0, 0.05) is 4.88 Å². The van der Waals surface area contributed by atoms with E-state index in [0.717, 1.165) is 16.6 Å². The maximum atomic E-state index is 11.2. The molecule has 0 aromatic carbocycles. The molecule has 0 saturated heterocycles. The fraction of sp³-hybridized carbons (Fsp3) is 0.444. The first kappa shape index (κ1) is 13.3. The Labute approximate surface area is 98.7 Å². The van der Waals surface area contributed by atoms with Gasteiger partial charge in [0.1, 0.15) is 16.4 Å². The van der Waals surface area contributed by atoms with Gasteiger partial charge < -0.3 is 5.11 Å². The predicted molar refractivity (Wildman–Crippen MR) is 63.6 cm³/mol. The quantitative estimate of drug-likeness (QED) is 0.778. The molecule has 16 heavy (non-hydrogen) atoms. The van der Waals surface area contributed by atoms with Crippen LogP contribution in [-0.2, 0) is 10.0 Å². The van der Waals surface area contributed by atoms with Gasteiger partial charge in [-0.05, 0) is 13.8 Å². The van der Waals surface area contributed by atoms with Crippen LogP contribution in [0.4, 0.5) is 0 Å². The van der Waals surface area contributed by atoms with E-state index in [0.29, 0.717) is 5.01 Å². The molecule has 0 aliphatic heterocycles. The van der Waals surface area contributed by atoms with Crippen molar-refractivity contribution < 1.29 is 13.5 Å². The largest absolute Gasteiger partial charge is 0.384 e. The van der Waals surface area contributed by atoms with Crippen molar-refractivity contribution in [3.63, 3.8) is 0 Å². The van der Waals surface area contributed by atoms with Crippen molar-refractivity contribution >= 4 is 21.4 Å². The number of aryl methyl sites for hydroxylation is 2. The number of hydrogen-bond donors (Lipinski definition) is 2. The summed E-state index contributed by atoms with van der Waals surface area (Å²) in [6.07, 6.45) is -0.142. The molecule has 5 nitrogen and oxygen atoms in total. The number of hydrogen-bond acceptors (Lipinski definition) is 5. The smallest absolute Gasteiger partial charge is 0.218 e. The van der Waals surface area contributed by atoms with Gasteiger partial charge in [-0.25, -0.2) is 18.5 Å². The molecule has 0 aliphatic carbocycles. The van der Waals surface area contributed by atoms with Crippen LogP contribution < -0.4 is 5.14 Å². The third-order valence-electron chi connectivity index (χ3n) is 2.22. The fourth-order valence-corrected chi connectivity index (χ4v) is 3.01. The lowest BCUT2D eigenvalue weighted by Gasteiger charge is -2.14. The molecule has 0 fully saturated rings. The second-order valence-corrected chi connectivity index (χ2v) is 6.39. The number of rotatable bonds is 4. The van der Waals surface area contributed by atoms with Crippen LogP contribution in [0.15, 0.2) is 12.7 Å². The molecule has 3 N–H and O–H groups in total. The van der Waals surface area contributed by atoms with Crippen LogP contribution in [0.5, 0.6) is 0 Å². The number of sulfonamides is 1. The minimum absolute atomic E-state index is 0.342. The molecule has 7 heteroatoms. The molecule has 1 heterocycles. The van der Waals surface area contributed by atoms with Crippen molar-refractivity contribution in [1.82, 2.24) is 4.98 Å². The van der Waals surface area contributed by atoms with Crippen molar-refractivity contribution in [2.45, 2.75) is 25.2 Å². The fourth-order valence-electron chi connectivity index (χ4n) is 1.21. The Morgan fingerprint density at radius 1 is 1.56 bits per heavy atom. The average Bonchev–Trinajstić information content (AvgIpc) is 2.45. The lowest BCUT2D eigenvalue weighted by atomic mass is 10.2. The summed E-state index contributed by atoms with van der Waals surface area (Å²) in [5.74, 6) is 0. The van der Waals surface area contributed by atoms with Crippen LogP contribution >= 0.6 is 11.3 Å². The zero-order chi connectivity index (χ0) is 12.5. The van der Waals surface area contributed by atoms with Crippen molar-refractivity contribution in [2.24, 2.45) is 5.14 Å². The van der Waals surface area contributed by atoms with Gasteiger partial charge in [0.05, 0.1) is 5.69 Å².